The molecule has 100 valence electrons. The van der Waals surface area contributed by atoms with Crippen molar-refractivity contribution in [2.75, 3.05) is 0 Å². The van der Waals surface area contributed by atoms with Crippen LogP contribution in [0.5, 0.6) is 11.5 Å². The smallest absolute Gasteiger partial charge is 0.299 e. The molecular weight excluding hydrogens is 260 g/mol. The van der Waals surface area contributed by atoms with Gasteiger partial charge in [-0.1, -0.05) is 24.3 Å². The summed E-state index contributed by atoms with van der Waals surface area (Å²) in [5, 5.41) is 25.4. The number of carbonyl (C=O) groups excluding carboxylic acids is 2. The monoisotopic (exact) mass is 270 g/mol. The van der Waals surface area contributed by atoms with Gasteiger partial charge in [-0.05, 0) is 24.3 Å². The summed E-state index contributed by atoms with van der Waals surface area (Å²) >= 11 is 0. The molecule has 2 aromatic carbocycles. The second-order valence-electron chi connectivity index (χ2n) is 3.84. The fourth-order valence-corrected chi connectivity index (χ4v) is 1.51. The van der Waals surface area contributed by atoms with E-state index in [0.717, 1.165) is 0 Å². The molecule has 0 bridgehead atoms. The molecule has 0 saturated carbocycles. The molecule has 0 saturated heterocycles. The Morgan fingerprint density at radius 1 is 0.700 bits per heavy atom. The number of azo groups is 1. The van der Waals surface area contributed by atoms with Gasteiger partial charge in [-0.15, -0.1) is 10.2 Å². The third-order valence-corrected chi connectivity index (χ3v) is 2.50. The molecule has 0 fully saturated rings. The Balaban J connectivity index is 2.18. The van der Waals surface area contributed by atoms with Crippen LogP contribution in [0.3, 0.4) is 0 Å². The van der Waals surface area contributed by atoms with Gasteiger partial charge < -0.3 is 10.2 Å². The number of rotatable bonds is 2. The van der Waals surface area contributed by atoms with Gasteiger partial charge in [-0.25, -0.2) is 0 Å². The van der Waals surface area contributed by atoms with Gasteiger partial charge >= 0.3 is 0 Å². The van der Waals surface area contributed by atoms with Crippen LogP contribution in [0.25, 0.3) is 0 Å². The first-order valence-corrected chi connectivity index (χ1v) is 5.66. The number of nitrogens with zero attached hydrogens (tertiary/aromatic N) is 2. The predicted octanol–water partition coefficient (Wildman–Crippen LogP) is 2.53. The highest BCUT2D eigenvalue weighted by Gasteiger charge is 2.12. The SMILES string of the molecule is O=C(N=NC(=O)c1ccccc1O)c1ccccc1O. The number of amides is 2. The lowest BCUT2D eigenvalue weighted by atomic mass is 10.2. The van der Waals surface area contributed by atoms with E-state index >= 15 is 0 Å². The molecule has 2 N–H and O–H groups in total. The van der Waals surface area contributed by atoms with Gasteiger partial charge in [0.25, 0.3) is 11.8 Å². The molecular formula is C14H10N2O4. The first-order valence-electron chi connectivity index (χ1n) is 5.66. The standard InChI is InChI=1S/C14H10N2O4/c17-11-7-3-1-5-9(11)13(19)15-16-14(20)10-6-2-4-8-12(10)18/h1-8,17-18H. The van der Waals surface area contributed by atoms with Crippen molar-refractivity contribution >= 4 is 11.8 Å². The van der Waals surface area contributed by atoms with Gasteiger partial charge in [0.05, 0.1) is 11.1 Å². The summed E-state index contributed by atoms with van der Waals surface area (Å²) in [5.74, 6) is -2.17. The van der Waals surface area contributed by atoms with E-state index < -0.39 is 11.8 Å². The zero-order valence-electron chi connectivity index (χ0n) is 10.2. The minimum Gasteiger partial charge on any atom is -0.507 e. The van der Waals surface area contributed by atoms with Crippen molar-refractivity contribution in [1.29, 1.82) is 0 Å². The van der Waals surface area contributed by atoms with Gasteiger partial charge in [-0.2, -0.15) is 0 Å². The van der Waals surface area contributed by atoms with E-state index in [2.05, 4.69) is 10.2 Å². The van der Waals surface area contributed by atoms with E-state index in [9.17, 15) is 19.8 Å². The average molecular weight is 270 g/mol. The lowest BCUT2D eigenvalue weighted by Gasteiger charge is -1.98. The van der Waals surface area contributed by atoms with Gasteiger partial charge in [0.1, 0.15) is 11.5 Å². The van der Waals surface area contributed by atoms with Crippen LogP contribution >= 0.6 is 0 Å². The number of benzene rings is 2. The molecule has 6 nitrogen and oxygen atoms in total. The van der Waals surface area contributed by atoms with Crippen molar-refractivity contribution < 1.29 is 19.8 Å². The van der Waals surface area contributed by atoms with Crippen molar-refractivity contribution in [3.63, 3.8) is 0 Å². The van der Waals surface area contributed by atoms with E-state index in [0.29, 0.717) is 0 Å². The fourth-order valence-electron chi connectivity index (χ4n) is 1.51. The molecule has 0 aliphatic carbocycles. The third kappa shape index (κ3) is 2.86. The second kappa shape index (κ2) is 5.75. The summed E-state index contributed by atoms with van der Waals surface area (Å²) in [6, 6.07) is 11.6. The molecule has 0 aliphatic heterocycles. The van der Waals surface area contributed by atoms with Gasteiger partial charge in [0, 0.05) is 0 Å². The summed E-state index contributed by atoms with van der Waals surface area (Å²) in [6.45, 7) is 0. The molecule has 0 heterocycles. The Morgan fingerprint density at radius 2 is 1.05 bits per heavy atom. The summed E-state index contributed by atoms with van der Waals surface area (Å²) in [4.78, 5) is 23.3. The van der Waals surface area contributed by atoms with E-state index in [1.807, 2.05) is 0 Å². The molecule has 2 amide bonds. The summed E-state index contributed by atoms with van der Waals surface area (Å²) in [6.07, 6.45) is 0. The minimum absolute atomic E-state index is 0.0543. The lowest BCUT2D eigenvalue weighted by molar-refractivity contribution is 0.0943. The van der Waals surface area contributed by atoms with Crippen LogP contribution in [-0.4, -0.2) is 22.0 Å². The van der Waals surface area contributed by atoms with E-state index in [1.165, 1.54) is 24.3 Å². The topological polar surface area (TPSA) is 99.3 Å². The highest BCUT2D eigenvalue weighted by Crippen LogP contribution is 2.18. The quantitative estimate of drug-likeness (QED) is 0.819. The van der Waals surface area contributed by atoms with E-state index in [-0.39, 0.29) is 22.6 Å². The fraction of sp³-hybridized carbons (Fsp3) is 0. The van der Waals surface area contributed by atoms with Crippen LogP contribution in [0, 0.1) is 0 Å². The van der Waals surface area contributed by atoms with Gasteiger partial charge in [0.2, 0.25) is 0 Å². The number of phenolic OH excluding ortho intramolecular Hbond substituents is 2. The number of aromatic hydroxyl groups is 2. The molecule has 20 heavy (non-hydrogen) atoms. The van der Waals surface area contributed by atoms with Crippen LogP contribution < -0.4 is 0 Å². The molecule has 2 rings (SSSR count). The third-order valence-electron chi connectivity index (χ3n) is 2.50. The van der Waals surface area contributed by atoms with Crippen molar-refractivity contribution in [1.82, 2.24) is 0 Å². The number of phenols is 2. The maximum Gasteiger partial charge on any atom is 0.299 e. The Morgan fingerprint density at radius 3 is 1.40 bits per heavy atom. The molecule has 0 spiro atoms. The molecule has 0 aromatic heterocycles. The normalized spacial score (nSPS) is 10.6. The van der Waals surface area contributed by atoms with Crippen LogP contribution in [0.15, 0.2) is 58.8 Å². The maximum absolute atomic E-state index is 11.7. The largest absolute Gasteiger partial charge is 0.507 e. The second-order valence-corrected chi connectivity index (χ2v) is 3.84. The molecule has 0 radical (unpaired) electrons. The van der Waals surface area contributed by atoms with Crippen LogP contribution in [0.2, 0.25) is 0 Å². The first kappa shape index (κ1) is 13.4. The summed E-state index contributed by atoms with van der Waals surface area (Å²) in [7, 11) is 0. The van der Waals surface area contributed by atoms with Crippen molar-refractivity contribution in [2.45, 2.75) is 0 Å². The average Bonchev–Trinajstić information content (AvgIpc) is 2.45. The Hall–Kier alpha value is -3.02. The number of hydrogen-bond donors (Lipinski definition) is 2. The van der Waals surface area contributed by atoms with E-state index in [1.54, 1.807) is 24.3 Å². The van der Waals surface area contributed by atoms with Crippen LogP contribution in [-0.2, 0) is 0 Å². The van der Waals surface area contributed by atoms with Crippen molar-refractivity contribution in [3.05, 3.63) is 59.7 Å². The summed E-state index contributed by atoms with van der Waals surface area (Å²) in [5.41, 5.74) is -0.109. The maximum atomic E-state index is 11.7. The molecule has 0 atom stereocenters. The molecule has 0 unspecified atom stereocenters. The highest BCUT2D eigenvalue weighted by molar-refractivity contribution is 6.01. The van der Waals surface area contributed by atoms with Crippen molar-refractivity contribution in [3.8, 4) is 11.5 Å². The van der Waals surface area contributed by atoms with Crippen LogP contribution in [0.4, 0.5) is 0 Å². The molecule has 6 heteroatoms. The first-order chi connectivity index (χ1) is 9.59. The summed E-state index contributed by atoms with van der Waals surface area (Å²) < 4.78 is 0. The Bertz CT molecular complexity index is 636. The van der Waals surface area contributed by atoms with Crippen molar-refractivity contribution in [2.24, 2.45) is 10.2 Å². The van der Waals surface area contributed by atoms with Crippen LogP contribution in [0.1, 0.15) is 20.7 Å². The number of hydrogen-bond acceptors (Lipinski definition) is 4. The zero-order chi connectivity index (χ0) is 14.5. The Kier molecular flexibility index (Phi) is 3.85. The van der Waals surface area contributed by atoms with Gasteiger partial charge in [0.15, 0.2) is 0 Å². The zero-order valence-corrected chi connectivity index (χ0v) is 10.2. The predicted molar refractivity (Wildman–Crippen MR) is 69.7 cm³/mol. The number of para-hydroxylation sites is 2. The lowest BCUT2D eigenvalue weighted by Crippen LogP contribution is -1.98. The highest BCUT2D eigenvalue weighted by atomic mass is 16.3. The minimum atomic E-state index is -0.841. The molecule has 0 aliphatic rings. The Labute approximate surface area is 114 Å². The number of carbonyl (C=O) groups is 2. The van der Waals surface area contributed by atoms with E-state index in [4.69, 9.17) is 0 Å². The molecule has 2 aromatic rings. The van der Waals surface area contributed by atoms with Gasteiger partial charge in [-0.3, -0.25) is 9.59 Å².